The minimum absolute atomic E-state index is 0.316. The topological polar surface area (TPSA) is 43.7 Å². The van der Waals surface area contributed by atoms with E-state index < -0.39 is 5.60 Å². The van der Waals surface area contributed by atoms with Gasteiger partial charge in [0.05, 0.1) is 5.60 Å². The molecule has 0 radical (unpaired) electrons. The number of aliphatic hydroxyl groups is 2. The van der Waals surface area contributed by atoms with Crippen LogP contribution in [0.25, 0.3) is 0 Å². The summed E-state index contributed by atoms with van der Waals surface area (Å²) in [6, 6.07) is 0. The summed E-state index contributed by atoms with van der Waals surface area (Å²) in [5.41, 5.74) is -0.598. The van der Waals surface area contributed by atoms with E-state index in [0.29, 0.717) is 12.5 Å². The van der Waals surface area contributed by atoms with Crippen LogP contribution in [0.4, 0.5) is 0 Å². The molecule has 1 heterocycles. The Morgan fingerprint density at radius 2 is 2.00 bits per heavy atom. The van der Waals surface area contributed by atoms with E-state index in [9.17, 15) is 5.11 Å². The van der Waals surface area contributed by atoms with Crippen LogP contribution >= 0.6 is 0 Å². The lowest BCUT2D eigenvalue weighted by atomic mass is 10.0. The molecule has 3 heteroatoms. The molecule has 0 aromatic heterocycles. The fraction of sp³-hybridized carbons (Fsp3) is 1.00. The maximum absolute atomic E-state index is 9.69. The number of aliphatic hydroxyl groups excluding tert-OH is 1. The zero-order valence-corrected chi connectivity index (χ0v) is 9.37. The van der Waals surface area contributed by atoms with Crippen molar-refractivity contribution in [2.75, 3.05) is 26.2 Å². The first-order valence-electron chi connectivity index (χ1n) is 5.57. The molecule has 14 heavy (non-hydrogen) atoms. The standard InChI is InChI=1S/C11H23NO2/c1-11(2,14)9-12-6-3-4-10(8-13)5-7-12/h10,13-14H,3-9H2,1-2H3. The van der Waals surface area contributed by atoms with Crippen LogP contribution in [0.1, 0.15) is 33.1 Å². The second kappa shape index (κ2) is 5.10. The Kier molecular flexibility index (Phi) is 4.35. The van der Waals surface area contributed by atoms with Crippen LogP contribution in [-0.4, -0.2) is 47.0 Å². The molecule has 0 aromatic carbocycles. The van der Waals surface area contributed by atoms with Crippen molar-refractivity contribution in [2.45, 2.75) is 38.7 Å². The minimum Gasteiger partial charge on any atom is -0.396 e. The van der Waals surface area contributed by atoms with Gasteiger partial charge in [0, 0.05) is 13.2 Å². The predicted octanol–water partition coefficient (Wildman–Crippen LogP) is 0.852. The first-order valence-corrected chi connectivity index (χ1v) is 5.57. The van der Waals surface area contributed by atoms with Gasteiger partial charge in [-0.15, -0.1) is 0 Å². The maximum atomic E-state index is 9.69. The van der Waals surface area contributed by atoms with Gasteiger partial charge in [0.15, 0.2) is 0 Å². The monoisotopic (exact) mass is 201 g/mol. The molecule has 2 N–H and O–H groups in total. The Hall–Kier alpha value is -0.120. The number of nitrogens with zero attached hydrogens (tertiary/aromatic N) is 1. The Morgan fingerprint density at radius 1 is 1.29 bits per heavy atom. The van der Waals surface area contributed by atoms with Crippen LogP contribution in [0.5, 0.6) is 0 Å². The van der Waals surface area contributed by atoms with Gasteiger partial charge in [0.25, 0.3) is 0 Å². The lowest BCUT2D eigenvalue weighted by Gasteiger charge is -2.27. The molecule has 1 fully saturated rings. The quantitative estimate of drug-likeness (QED) is 0.711. The maximum Gasteiger partial charge on any atom is 0.0718 e. The van der Waals surface area contributed by atoms with Gasteiger partial charge in [0.1, 0.15) is 0 Å². The van der Waals surface area contributed by atoms with Gasteiger partial charge >= 0.3 is 0 Å². The number of likely N-dealkylation sites (tertiary alicyclic amines) is 1. The zero-order chi connectivity index (χ0) is 10.6. The smallest absolute Gasteiger partial charge is 0.0718 e. The van der Waals surface area contributed by atoms with E-state index in [1.165, 1.54) is 0 Å². The average Bonchev–Trinajstić information content (AvgIpc) is 2.27. The van der Waals surface area contributed by atoms with Crippen LogP contribution in [0.2, 0.25) is 0 Å². The van der Waals surface area contributed by atoms with Crippen molar-refractivity contribution in [1.82, 2.24) is 4.90 Å². The van der Waals surface area contributed by atoms with Gasteiger partial charge in [-0.1, -0.05) is 0 Å². The van der Waals surface area contributed by atoms with Crippen molar-refractivity contribution in [1.29, 1.82) is 0 Å². The molecule has 1 unspecified atom stereocenters. The second-order valence-corrected chi connectivity index (χ2v) is 5.07. The Balaban J connectivity index is 2.34. The fourth-order valence-electron chi connectivity index (χ4n) is 2.11. The average molecular weight is 201 g/mol. The summed E-state index contributed by atoms with van der Waals surface area (Å²) in [5, 5.41) is 18.8. The molecule has 84 valence electrons. The number of hydrogen-bond donors (Lipinski definition) is 2. The van der Waals surface area contributed by atoms with E-state index in [1.54, 1.807) is 0 Å². The van der Waals surface area contributed by atoms with Crippen molar-refractivity contribution in [3.05, 3.63) is 0 Å². The molecule has 1 aliphatic heterocycles. The predicted molar refractivity (Wildman–Crippen MR) is 57.2 cm³/mol. The highest BCUT2D eigenvalue weighted by Crippen LogP contribution is 2.18. The number of rotatable bonds is 3. The number of hydrogen-bond acceptors (Lipinski definition) is 3. The lowest BCUT2D eigenvalue weighted by Crippen LogP contribution is -2.39. The highest BCUT2D eigenvalue weighted by atomic mass is 16.3. The van der Waals surface area contributed by atoms with Crippen molar-refractivity contribution in [3.8, 4) is 0 Å². The van der Waals surface area contributed by atoms with Gasteiger partial charge in [0.2, 0.25) is 0 Å². The highest BCUT2D eigenvalue weighted by Gasteiger charge is 2.21. The van der Waals surface area contributed by atoms with Crippen LogP contribution < -0.4 is 0 Å². The van der Waals surface area contributed by atoms with E-state index in [0.717, 1.165) is 38.9 Å². The molecule has 0 spiro atoms. The van der Waals surface area contributed by atoms with Crippen LogP contribution in [0, 0.1) is 5.92 Å². The molecule has 1 atom stereocenters. The molecule has 1 saturated heterocycles. The molecule has 0 bridgehead atoms. The third-order valence-electron chi connectivity index (χ3n) is 2.81. The van der Waals surface area contributed by atoms with Gasteiger partial charge in [-0.05, 0) is 52.1 Å². The van der Waals surface area contributed by atoms with Crippen molar-refractivity contribution >= 4 is 0 Å². The summed E-state index contributed by atoms with van der Waals surface area (Å²) >= 11 is 0. The van der Waals surface area contributed by atoms with E-state index in [1.807, 2.05) is 13.8 Å². The fourth-order valence-corrected chi connectivity index (χ4v) is 2.11. The highest BCUT2D eigenvalue weighted by molar-refractivity contribution is 4.75. The SMILES string of the molecule is CC(C)(O)CN1CCCC(CO)CC1. The molecule has 1 aliphatic rings. The van der Waals surface area contributed by atoms with Crippen molar-refractivity contribution in [2.24, 2.45) is 5.92 Å². The molecular weight excluding hydrogens is 178 g/mol. The number of β-amino-alcohol motifs (C(OH)–C–C–N with tert-alkyl or cyclic N) is 1. The van der Waals surface area contributed by atoms with E-state index in [4.69, 9.17) is 5.11 Å². The van der Waals surface area contributed by atoms with Gasteiger partial charge in [-0.2, -0.15) is 0 Å². The van der Waals surface area contributed by atoms with Crippen LogP contribution in [0.3, 0.4) is 0 Å². The summed E-state index contributed by atoms with van der Waals surface area (Å²) in [6.45, 7) is 6.82. The first-order chi connectivity index (χ1) is 6.51. The summed E-state index contributed by atoms with van der Waals surface area (Å²) in [5.74, 6) is 0.474. The third-order valence-corrected chi connectivity index (χ3v) is 2.81. The zero-order valence-electron chi connectivity index (χ0n) is 9.37. The molecule has 0 amide bonds. The van der Waals surface area contributed by atoms with Crippen molar-refractivity contribution < 1.29 is 10.2 Å². The van der Waals surface area contributed by atoms with Gasteiger partial charge < -0.3 is 15.1 Å². The Bertz CT molecular complexity index is 165. The Morgan fingerprint density at radius 3 is 2.57 bits per heavy atom. The van der Waals surface area contributed by atoms with Crippen LogP contribution in [-0.2, 0) is 0 Å². The Labute approximate surface area is 86.7 Å². The van der Waals surface area contributed by atoms with Crippen LogP contribution in [0.15, 0.2) is 0 Å². The van der Waals surface area contributed by atoms with E-state index in [2.05, 4.69) is 4.90 Å². The van der Waals surface area contributed by atoms with Crippen molar-refractivity contribution in [3.63, 3.8) is 0 Å². The van der Waals surface area contributed by atoms with Gasteiger partial charge in [-0.3, -0.25) is 0 Å². The lowest BCUT2D eigenvalue weighted by molar-refractivity contribution is 0.0368. The largest absolute Gasteiger partial charge is 0.396 e. The van der Waals surface area contributed by atoms with Gasteiger partial charge in [-0.25, -0.2) is 0 Å². The third kappa shape index (κ3) is 4.40. The minimum atomic E-state index is -0.598. The summed E-state index contributed by atoms with van der Waals surface area (Å²) in [7, 11) is 0. The summed E-state index contributed by atoms with van der Waals surface area (Å²) in [4.78, 5) is 2.30. The normalized spacial score (nSPS) is 26.1. The molecule has 0 aliphatic carbocycles. The summed E-state index contributed by atoms with van der Waals surface area (Å²) in [6.07, 6.45) is 3.33. The van der Waals surface area contributed by atoms with E-state index >= 15 is 0 Å². The molecule has 3 nitrogen and oxygen atoms in total. The second-order valence-electron chi connectivity index (χ2n) is 5.07. The van der Waals surface area contributed by atoms with E-state index in [-0.39, 0.29) is 0 Å². The molecule has 0 saturated carbocycles. The molecule has 0 aromatic rings. The molecular formula is C11H23NO2. The molecule has 1 rings (SSSR count). The summed E-state index contributed by atoms with van der Waals surface area (Å²) < 4.78 is 0. The first kappa shape index (κ1) is 12.0.